The summed E-state index contributed by atoms with van der Waals surface area (Å²) in [6, 6.07) is 36.1. The van der Waals surface area contributed by atoms with Crippen molar-refractivity contribution >= 4 is 23.5 Å². The fraction of sp³-hybridized carbons (Fsp3) is 0.306. The second-order valence-electron chi connectivity index (χ2n) is 15.3. The number of nitrogens with zero attached hydrogens (tertiary/aromatic N) is 1. The first kappa shape index (κ1) is 37.7. The number of benzene rings is 5. The molecular weight excluding hydrogens is 683 g/mol. The minimum atomic E-state index is -0.682. The highest BCUT2D eigenvalue weighted by Crippen LogP contribution is 2.54. The molecule has 5 aromatic carbocycles. The molecule has 7 rings (SSSR count). The van der Waals surface area contributed by atoms with Crippen molar-refractivity contribution in [3.8, 4) is 28.4 Å². The van der Waals surface area contributed by atoms with Crippen LogP contribution in [0.25, 0.3) is 17.2 Å². The monoisotopic (exact) mass is 733 g/mol. The molecule has 0 saturated carbocycles. The smallest absolute Gasteiger partial charge is 0.343 e. The van der Waals surface area contributed by atoms with E-state index >= 15 is 0 Å². The lowest BCUT2D eigenvalue weighted by Crippen LogP contribution is -2.58. The number of hydrogen-bond acceptors (Lipinski definition) is 6. The molecule has 2 aliphatic heterocycles. The number of likely N-dealkylation sites (N-methyl/N-ethyl adjacent to an activating group) is 1. The van der Waals surface area contributed by atoms with E-state index in [0.717, 1.165) is 46.9 Å². The lowest BCUT2D eigenvalue weighted by atomic mass is 9.76. The molecule has 0 fully saturated rings. The fourth-order valence-electron chi connectivity index (χ4n) is 7.89. The summed E-state index contributed by atoms with van der Waals surface area (Å²) in [5.41, 5.74) is 5.78. The maximum absolute atomic E-state index is 13.5. The summed E-state index contributed by atoms with van der Waals surface area (Å²) in [7, 11) is 2.06. The van der Waals surface area contributed by atoms with Crippen molar-refractivity contribution in [1.82, 2.24) is 0 Å². The third kappa shape index (κ3) is 7.82. The average molecular weight is 734 g/mol. The quantitative estimate of drug-likeness (QED) is 0.0462. The molecule has 2 aliphatic rings. The summed E-state index contributed by atoms with van der Waals surface area (Å²) >= 11 is 0. The molecular formula is C49H51NO5. The van der Waals surface area contributed by atoms with Crippen LogP contribution in [0.5, 0.6) is 17.2 Å². The normalized spacial score (nSPS) is 16.3. The summed E-state index contributed by atoms with van der Waals surface area (Å²) in [6.07, 6.45) is 14.4. The molecule has 282 valence electrons. The van der Waals surface area contributed by atoms with Crippen LogP contribution in [-0.2, 0) is 5.41 Å². The van der Waals surface area contributed by atoms with E-state index in [2.05, 4.69) is 63.1 Å². The van der Waals surface area contributed by atoms with E-state index in [1.54, 1.807) is 36.4 Å². The number of para-hydroxylation sites is 1. The zero-order valence-electron chi connectivity index (χ0n) is 32.5. The Morgan fingerprint density at radius 2 is 1.27 bits per heavy atom. The van der Waals surface area contributed by atoms with Gasteiger partial charge in [-0.25, -0.2) is 4.79 Å². The lowest BCUT2D eigenvalue weighted by Gasteiger charge is -2.45. The molecule has 0 aromatic heterocycles. The van der Waals surface area contributed by atoms with Gasteiger partial charge in [0.25, 0.3) is 0 Å². The number of carbonyl (C=O) groups is 2. The van der Waals surface area contributed by atoms with Crippen LogP contribution in [0, 0.1) is 0 Å². The summed E-state index contributed by atoms with van der Waals surface area (Å²) in [5.74, 6) is 1.38. The summed E-state index contributed by atoms with van der Waals surface area (Å²) in [6.45, 7) is 7.39. The van der Waals surface area contributed by atoms with Crippen LogP contribution in [0.1, 0.15) is 110 Å². The Kier molecular flexibility index (Phi) is 11.2. The Bertz CT molecular complexity index is 2150. The van der Waals surface area contributed by atoms with Crippen molar-refractivity contribution < 1.29 is 23.8 Å². The molecule has 0 N–H and O–H groups in total. The van der Waals surface area contributed by atoms with Gasteiger partial charge in [-0.1, -0.05) is 94.3 Å². The Labute approximate surface area is 325 Å². The van der Waals surface area contributed by atoms with Gasteiger partial charge in [-0.2, -0.15) is 0 Å². The number of anilines is 1. The highest BCUT2D eigenvalue weighted by molar-refractivity contribution is 6.09. The number of rotatable bonds is 15. The summed E-state index contributed by atoms with van der Waals surface area (Å²) in [5, 5.41) is 0. The van der Waals surface area contributed by atoms with Crippen LogP contribution in [0.3, 0.4) is 0 Å². The van der Waals surface area contributed by atoms with E-state index in [1.165, 1.54) is 50.5 Å². The highest BCUT2D eigenvalue weighted by atomic mass is 16.5. The first-order valence-corrected chi connectivity index (χ1v) is 19.8. The van der Waals surface area contributed by atoms with Gasteiger partial charge in [-0.3, -0.25) is 4.79 Å². The topological polar surface area (TPSA) is 65.1 Å². The van der Waals surface area contributed by atoms with Gasteiger partial charge in [-0.05, 0) is 122 Å². The number of unbranched alkanes of at least 4 members (excludes halogenated alkanes) is 7. The molecule has 0 bridgehead atoms. The lowest BCUT2D eigenvalue weighted by molar-refractivity contribution is 0.0581. The number of ether oxygens (including phenoxy) is 3. The molecule has 1 atom stereocenters. The van der Waals surface area contributed by atoms with Gasteiger partial charge in [0.2, 0.25) is 5.72 Å². The van der Waals surface area contributed by atoms with E-state index in [9.17, 15) is 9.59 Å². The molecule has 5 aromatic rings. The largest absolute Gasteiger partial charge is 0.494 e. The van der Waals surface area contributed by atoms with Crippen LogP contribution in [0.15, 0.2) is 121 Å². The van der Waals surface area contributed by atoms with Crippen LogP contribution >= 0.6 is 0 Å². The third-order valence-electron chi connectivity index (χ3n) is 11.3. The second-order valence-corrected chi connectivity index (χ2v) is 15.3. The average Bonchev–Trinajstić information content (AvgIpc) is 3.37. The van der Waals surface area contributed by atoms with Crippen molar-refractivity contribution in [3.05, 3.63) is 149 Å². The molecule has 6 nitrogen and oxygen atoms in total. The van der Waals surface area contributed by atoms with Gasteiger partial charge in [0.15, 0.2) is 5.78 Å². The first-order valence-electron chi connectivity index (χ1n) is 19.8. The van der Waals surface area contributed by atoms with E-state index in [4.69, 9.17) is 14.2 Å². The van der Waals surface area contributed by atoms with Gasteiger partial charge >= 0.3 is 5.97 Å². The van der Waals surface area contributed by atoms with E-state index in [1.807, 2.05) is 60.7 Å². The number of ketones is 1. The third-order valence-corrected chi connectivity index (χ3v) is 11.3. The molecule has 0 amide bonds. The van der Waals surface area contributed by atoms with Gasteiger partial charge in [0.1, 0.15) is 17.2 Å². The second kappa shape index (κ2) is 16.4. The highest BCUT2D eigenvalue weighted by Gasteiger charge is 2.57. The predicted octanol–water partition coefficient (Wildman–Crippen LogP) is 11.9. The Morgan fingerprint density at radius 1 is 0.673 bits per heavy atom. The predicted molar refractivity (Wildman–Crippen MR) is 222 cm³/mol. The van der Waals surface area contributed by atoms with Crippen molar-refractivity contribution in [1.29, 1.82) is 0 Å². The molecule has 0 radical (unpaired) electrons. The fourth-order valence-corrected chi connectivity index (χ4v) is 7.89. The van der Waals surface area contributed by atoms with Crippen molar-refractivity contribution in [2.24, 2.45) is 0 Å². The Balaban J connectivity index is 0.910. The molecule has 0 aliphatic carbocycles. The zero-order valence-corrected chi connectivity index (χ0v) is 32.5. The first-order chi connectivity index (χ1) is 26.7. The zero-order chi connectivity index (χ0) is 38.4. The van der Waals surface area contributed by atoms with Gasteiger partial charge in [0.05, 0.1) is 17.6 Å². The Morgan fingerprint density at radius 3 is 1.96 bits per heavy atom. The van der Waals surface area contributed by atoms with E-state index in [0.29, 0.717) is 22.4 Å². The minimum Gasteiger partial charge on any atom is -0.494 e. The number of hydrogen-bond donors (Lipinski definition) is 0. The molecule has 0 saturated heterocycles. The van der Waals surface area contributed by atoms with Crippen LogP contribution in [0.4, 0.5) is 5.69 Å². The van der Waals surface area contributed by atoms with Gasteiger partial charge < -0.3 is 19.1 Å². The molecule has 6 heteroatoms. The van der Waals surface area contributed by atoms with Crippen LogP contribution in [-0.4, -0.2) is 31.1 Å². The number of carbonyl (C=O) groups excluding carboxylic acids is 2. The molecule has 1 spiro atoms. The number of fused-ring (bicyclic) bond motifs is 2. The van der Waals surface area contributed by atoms with Crippen LogP contribution < -0.4 is 19.1 Å². The molecule has 0 unspecified atom stereocenters. The minimum absolute atomic E-state index is 0.126. The Hall–Kier alpha value is -5.62. The SMILES string of the molecule is CCCCCCCCCCOc1ccc(-c2ccc(C(=O)Oc3ccc(C(=O)c4ccc5c(c4)C=C[C@]4(O5)N(C)c5ccccc5C4(C)C)cc3)cc2)cc1. The van der Waals surface area contributed by atoms with E-state index in [-0.39, 0.29) is 11.2 Å². The van der Waals surface area contributed by atoms with Crippen molar-refractivity contribution in [2.75, 3.05) is 18.6 Å². The molecule has 55 heavy (non-hydrogen) atoms. The summed E-state index contributed by atoms with van der Waals surface area (Å²) < 4.78 is 18.4. The van der Waals surface area contributed by atoms with Crippen molar-refractivity contribution in [3.63, 3.8) is 0 Å². The van der Waals surface area contributed by atoms with Gasteiger partial charge in [-0.15, -0.1) is 0 Å². The van der Waals surface area contributed by atoms with Crippen molar-refractivity contribution in [2.45, 2.75) is 83.3 Å². The van der Waals surface area contributed by atoms with Gasteiger partial charge in [0, 0.05) is 29.4 Å². The molecule has 2 heterocycles. The summed E-state index contributed by atoms with van der Waals surface area (Å²) in [4.78, 5) is 28.7. The maximum Gasteiger partial charge on any atom is 0.343 e. The number of esters is 1. The van der Waals surface area contributed by atoms with E-state index < -0.39 is 11.7 Å². The standard InChI is InChI=1S/C49H51NO5/c1-5-6-7-8-9-10-11-14-33-53-41-26-21-36(22-27-41)35-17-19-38(20-18-35)47(52)54-42-28-23-37(24-29-42)46(51)40-25-30-45-39(34-40)31-32-49(55-45)48(2,3)43-15-12-13-16-44(43)50(49)4/h12-13,15-32,34H,5-11,14,33H2,1-4H3/t49-/m1/s1. The van der Waals surface area contributed by atoms with Crippen LogP contribution in [0.2, 0.25) is 0 Å². The maximum atomic E-state index is 13.5.